The van der Waals surface area contributed by atoms with Gasteiger partial charge in [0.15, 0.2) is 5.96 Å². The highest BCUT2D eigenvalue weighted by Gasteiger charge is 2.23. The van der Waals surface area contributed by atoms with Gasteiger partial charge in [-0.2, -0.15) is 0 Å². The first-order chi connectivity index (χ1) is 15.2. The van der Waals surface area contributed by atoms with Crippen LogP contribution in [0.5, 0.6) is 0 Å². The van der Waals surface area contributed by atoms with Crippen molar-refractivity contribution in [2.45, 2.75) is 57.7 Å². The highest BCUT2D eigenvalue weighted by molar-refractivity contribution is 5.94. The molecule has 7 nitrogen and oxygen atoms in total. The van der Waals surface area contributed by atoms with Crippen LogP contribution in [0.3, 0.4) is 0 Å². The number of hydrogen-bond donors (Lipinski definition) is 2. The topological polar surface area (TPSA) is 75.2 Å². The lowest BCUT2D eigenvalue weighted by Crippen LogP contribution is -2.47. The number of nitrogens with zero attached hydrogens (tertiary/aromatic N) is 2. The van der Waals surface area contributed by atoms with Crippen molar-refractivity contribution in [2.75, 3.05) is 46.4 Å². The zero-order valence-corrected chi connectivity index (χ0v) is 19.1. The molecule has 0 saturated carbocycles. The first-order valence-corrected chi connectivity index (χ1v) is 11.8. The van der Waals surface area contributed by atoms with E-state index in [0.29, 0.717) is 18.2 Å². The van der Waals surface area contributed by atoms with Crippen LogP contribution in [-0.2, 0) is 15.9 Å². The van der Waals surface area contributed by atoms with Gasteiger partial charge < -0.3 is 25.0 Å². The molecule has 2 aliphatic heterocycles. The molecule has 172 valence electrons. The van der Waals surface area contributed by atoms with Gasteiger partial charge in [-0.3, -0.25) is 9.79 Å². The SMILES string of the molecule is CCNC(=NCCc1cccc(C(=O)NC)c1)N1CCC(OCC2CCCCO2)CC1. The number of guanidine groups is 1. The van der Waals surface area contributed by atoms with E-state index in [4.69, 9.17) is 14.5 Å². The van der Waals surface area contributed by atoms with Crippen molar-refractivity contribution < 1.29 is 14.3 Å². The van der Waals surface area contributed by atoms with Crippen molar-refractivity contribution in [3.8, 4) is 0 Å². The van der Waals surface area contributed by atoms with E-state index in [1.807, 2.05) is 24.3 Å². The summed E-state index contributed by atoms with van der Waals surface area (Å²) in [5.74, 6) is 0.915. The van der Waals surface area contributed by atoms with Crippen LogP contribution in [0.15, 0.2) is 29.3 Å². The molecule has 0 spiro atoms. The summed E-state index contributed by atoms with van der Waals surface area (Å²) in [5, 5.41) is 6.10. The largest absolute Gasteiger partial charge is 0.376 e. The Balaban J connectivity index is 1.45. The summed E-state index contributed by atoms with van der Waals surface area (Å²) in [6.45, 7) is 7.15. The van der Waals surface area contributed by atoms with Gasteiger partial charge in [0.2, 0.25) is 0 Å². The van der Waals surface area contributed by atoms with Gasteiger partial charge in [-0.1, -0.05) is 12.1 Å². The third-order valence-corrected chi connectivity index (χ3v) is 5.95. The molecule has 7 heteroatoms. The molecule has 1 amide bonds. The molecule has 1 aromatic rings. The molecule has 2 N–H and O–H groups in total. The van der Waals surface area contributed by atoms with Crippen LogP contribution >= 0.6 is 0 Å². The van der Waals surface area contributed by atoms with Gasteiger partial charge in [0.25, 0.3) is 5.91 Å². The van der Waals surface area contributed by atoms with Crippen LogP contribution in [0.4, 0.5) is 0 Å². The maximum atomic E-state index is 11.8. The maximum Gasteiger partial charge on any atom is 0.251 e. The number of ether oxygens (including phenoxy) is 2. The number of likely N-dealkylation sites (tertiary alicyclic amines) is 1. The van der Waals surface area contributed by atoms with E-state index in [9.17, 15) is 4.79 Å². The van der Waals surface area contributed by atoms with Crippen LogP contribution in [0.2, 0.25) is 0 Å². The van der Waals surface area contributed by atoms with Crippen LogP contribution in [-0.4, -0.2) is 75.4 Å². The molecular formula is C24H38N4O3. The number of carbonyl (C=O) groups excluding carboxylic acids is 1. The Bertz CT molecular complexity index is 711. The lowest BCUT2D eigenvalue weighted by molar-refractivity contribution is -0.0721. The average Bonchev–Trinajstić information content (AvgIpc) is 2.83. The van der Waals surface area contributed by atoms with E-state index in [2.05, 4.69) is 22.5 Å². The monoisotopic (exact) mass is 430 g/mol. The Hall–Kier alpha value is -2.12. The molecule has 0 bridgehead atoms. The number of rotatable bonds is 8. The zero-order chi connectivity index (χ0) is 21.9. The summed E-state index contributed by atoms with van der Waals surface area (Å²) >= 11 is 0. The molecule has 1 aromatic carbocycles. The molecule has 0 radical (unpaired) electrons. The minimum Gasteiger partial charge on any atom is -0.376 e. The number of nitrogens with one attached hydrogen (secondary N) is 2. The summed E-state index contributed by atoms with van der Waals surface area (Å²) in [6, 6.07) is 7.76. The Kier molecular flexibility index (Phi) is 9.62. The van der Waals surface area contributed by atoms with E-state index >= 15 is 0 Å². The number of hydrogen-bond acceptors (Lipinski definition) is 4. The predicted octanol–water partition coefficient (Wildman–Crippen LogP) is 2.60. The quantitative estimate of drug-likeness (QED) is 0.490. The van der Waals surface area contributed by atoms with Crippen molar-refractivity contribution >= 4 is 11.9 Å². The lowest BCUT2D eigenvalue weighted by Gasteiger charge is -2.35. The van der Waals surface area contributed by atoms with Crippen molar-refractivity contribution in [3.05, 3.63) is 35.4 Å². The van der Waals surface area contributed by atoms with Gasteiger partial charge in [0, 0.05) is 45.4 Å². The molecule has 2 heterocycles. The fourth-order valence-electron chi connectivity index (χ4n) is 4.15. The van der Waals surface area contributed by atoms with Crippen LogP contribution in [0, 0.1) is 0 Å². The number of amides is 1. The Morgan fingerprint density at radius 1 is 1.26 bits per heavy atom. The summed E-state index contributed by atoms with van der Waals surface area (Å²) in [4.78, 5) is 19.0. The fraction of sp³-hybridized carbons (Fsp3) is 0.667. The van der Waals surface area contributed by atoms with E-state index < -0.39 is 0 Å². The summed E-state index contributed by atoms with van der Waals surface area (Å²) in [6.07, 6.45) is 7.01. The summed E-state index contributed by atoms with van der Waals surface area (Å²) in [5.41, 5.74) is 1.81. The van der Waals surface area contributed by atoms with Crippen molar-refractivity contribution in [3.63, 3.8) is 0 Å². The minimum absolute atomic E-state index is 0.0566. The highest BCUT2D eigenvalue weighted by Crippen LogP contribution is 2.18. The lowest BCUT2D eigenvalue weighted by atomic mass is 10.1. The van der Waals surface area contributed by atoms with Crippen molar-refractivity contribution in [1.29, 1.82) is 0 Å². The fourth-order valence-corrected chi connectivity index (χ4v) is 4.15. The smallest absolute Gasteiger partial charge is 0.251 e. The normalized spacial score (nSPS) is 20.5. The number of carbonyl (C=O) groups is 1. The Labute approximate surface area is 186 Å². The molecule has 2 aliphatic rings. The van der Waals surface area contributed by atoms with Gasteiger partial charge in [-0.25, -0.2) is 0 Å². The molecular weight excluding hydrogens is 392 g/mol. The number of aliphatic imine (C=N–C) groups is 1. The van der Waals surface area contributed by atoms with Gasteiger partial charge in [0.05, 0.1) is 18.8 Å². The van der Waals surface area contributed by atoms with Crippen molar-refractivity contribution in [2.24, 2.45) is 4.99 Å². The van der Waals surface area contributed by atoms with Crippen molar-refractivity contribution in [1.82, 2.24) is 15.5 Å². The summed E-state index contributed by atoms with van der Waals surface area (Å²) < 4.78 is 11.9. The first kappa shape index (κ1) is 23.5. The third kappa shape index (κ3) is 7.51. The molecule has 0 aromatic heterocycles. The molecule has 2 saturated heterocycles. The number of piperidine rings is 1. The molecule has 31 heavy (non-hydrogen) atoms. The predicted molar refractivity (Wildman–Crippen MR) is 124 cm³/mol. The first-order valence-electron chi connectivity index (χ1n) is 11.8. The average molecular weight is 431 g/mol. The molecule has 3 rings (SSSR count). The highest BCUT2D eigenvalue weighted by atomic mass is 16.5. The second-order valence-corrected chi connectivity index (χ2v) is 8.27. The molecule has 1 atom stereocenters. The van der Waals surface area contributed by atoms with E-state index in [0.717, 1.165) is 70.1 Å². The third-order valence-electron chi connectivity index (χ3n) is 5.95. The number of benzene rings is 1. The Morgan fingerprint density at radius 3 is 2.81 bits per heavy atom. The van der Waals surface area contributed by atoms with Crippen LogP contribution < -0.4 is 10.6 Å². The van der Waals surface area contributed by atoms with E-state index in [1.54, 1.807) is 7.05 Å². The van der Waals surface area contributed by atoms with Gasteiger partial charge in [0.1, 0.15) is 0 Å². The zero-order valence-electron chi connectivity index (χ0n) is 19.1. The summed E-state index contributed by atoms with van der Waals surface area (Å²) in [7, 11) is 1.65. The van der Waals surface area contributed by atoms with E-state index in [-0.39, 0.29) is 12.0 Å². The standard InChI is InChI=1S/C24H38N4O3/c1-3-26-24(27-13-10-19-7-6-8-20(17-19)23(29)25-2)28-14-11-21(12-15-28)31-18-22-9-4-5-16-30-22/h6-8,17,21-22H,3-5,9-16,18H2,1-2H3,(H,25,29)(H,26,27). The van der Waals surface area contributed by atoms with Crippen LogP contribution in [0.1, 0.15) is 54.9 Å². The minimum atomic E-state index is -0.0566. The Morgan fingerprint density at radius 2 is 2.10 bits per heavy atom. The second kappa shape index (κ2) is 12.7. The van der Waals surface area contributed by atoms with E-state index in [1.165, 1.54) is 12.8 Å². The van der Waals surface area contributed by atoms with Gasteiger partial charge in [-0.15, -0.1) is 0 Å². The van der Waals surface area contributed by atoms with Crippen LogP contribution in [0.25, 0.3) is 0 Å². The van der Waals surface area contributed by atoms with Gasteiger partial charge in [-0.05, 0) is 63.1 Å². The molecule has 2 fully saturated rings. The van der Waals surface area contributed by atoms with Gasteiger partial charge >= 0.3 is 0 Å². The second-order valence-electron chi connectivity index (χ2n) is 8.27. The molecule has 0 aliphatic carbocycles. The molecule has 1 unspecified atom stereocenters. The maximum absolute atomic E-state index is 11.8.